The summed E-state index contributed by atoms with van der Waals surface area (Å²) in [4.78, 5) is 0. The van der Waals surface area contributed by atoms with Crippen LogP contribution in [0.4, 0.5) is 0 Å². The summed E-state index contributed by atoms with van der Waals surface area (Å²) in [6.07, 6.45) is 0.715. The van der Waals surface area contributed by atoms with Crippen LogP contribution >= 0.6 is 0 Å². The number of likely N-dealkylation sites (N-methyl/N-ethyl adjacent to an activating group) is 1. The van der Waals surface area contributed by atoms with Crippen LogP contribution in [0.5, 0.6) is 0 Å². The van der Waals surface area contributed by atoms with Crippen molar-refractivity contribution in [1.82, 2.24) is 5.32 Å². The van der Waals surface area contributed by atoms with Gasteiger partial charge >= 0.3 is 0 Å². The molecule has 76 valence electrons. The number of hydrogen-bond acceptors (Lipinski definition) is 6. The van der Waals surface area contributed by atoms with Crippen LogP contribution in [-0.2, 0) is 10.1 Å². The molecule has 0 atom stereocenters. The Morgan fingerprint density at radius 3 is 1.58 bits per heavy atom. The lowest BCUT2D eigenvalue weighted by atomic mass is 10.6. The number of nitrogens with one attached hydrogen (secondary N) is 1. The van der Waals surface area contributed by atoms with Gasteiger partial charge in [0.25, 0.3) is 16.1 Å². The topological polar surface area (TPSA) is 127 Å². The van der Waals surface area contributed by atoms with Crippen LogP contribution in [0.15, 0.2) is 0 Å². The van der Waals surface area contributed by atoms with Crippen LogP contribution in [0, 0.1) is 0 Å². The van der Waals surface area contributed by atoms with Gasteiger partial charge in [-0.25, -0.2) is 0 Å². The predicted octanol–water partition coefficient (Wildman–Crippen LogP) is -2.66. The number of rotatable bonds is 2. The molecule has 0 spiro atoms. The fourth-order valence-electron chi connectivity index (χ4n) is 0.237. The second-order valence-electron chi connectivity index (χ2n) is 2.04. The molecule has 0 fully saturated rings. The average molecular weight is 203 g/mol. The highest BCUT2D eigenvalue weighted by Gasteiger charge is 2.14. The summed E-state index contributed by atoms with van der Waals surface area (Å²) < 4.78 is 25.9. The smallest absolute Gasteiger partial charge is 0.288 e. The highest BCUT2D eigenvalue weighted by Crippen LogP contribution is 1.85. The molecule has 0 rings (SSSR count). The first kappa shape index (κ1) is 14.3. The maximum absolute atomic E-state index is 9.19. The molecule has 8 heteroatoms. The van der Waals surface area contributed by atoms with Gasteiger partial charge in [-0.3, -0.25) is 4.55 Å². The molecule has 0 aromatic carbocycles. The third-order valence-corrected chi connectivity index (χ3v) is 0.414. The van der Waals surface area contributed by atoms with Crippen molar-refractivity contribution in [3.8, 4) is 0 Å². The summed E-state index contributed by atoms with van der Waals surface area (Å²) in [5.41, 5.74) is 0. The van der Waals surface area contributed by atoms with Crippen molar-refractivity contribution in [1.29, 1.82) is 0 Å². The predicted molar refractivity (Wildman–Crippen MR) is 40.8 cm³/mol. The Morgan fingerprint density at radius 2 is 1.58 bits per heavy atom. The Labute approximate surface area is 70.4 Å². The molecule has 7 nitrogen and oxygen atoms in total. The van der Waals surface area contributed by atoms with E-state index in [1.165, 1.54) is 7.05 Å². The normalized spacial score (nSPS) is 11.8. The van der Waals surface area contributed by atoms with Crippen molar-refractivity contribution >= 4 is 10.1 Å². The van der Waals surface area contributed by atoms with Crippen molar-refractivity contribution in [3.63, 3.8) is 0 Å². The van der Waals surface area contributed by atoms with Gasteiger partial charge in [0.2, 0.25) is 0 Å². The lowest BCUT2D eigenvalue weighted by Gasteiger charge is -2.11. The molecule has 0 aromatic rings. The van der Waals surface area contributed by atoms with Crippen LogP contribution in [0.1, 0.15) is 0 Å². The molecule has 0 aliphatic heterocycles. The van der Waals surface area contributed by atoms with E-state index >= 15 is 0 Å². The first-order valence-corrected chi connectivity index (χ1v) is 4.65. The van der Waals surface area contributed by atoms with Gasteiger partial charge in [-0.05, 0) is 7.05 Å². The van der Waals surface area contributed by atoms with E-state index in [9.17, 15) is 8.42 Å². The Bertz CT molecular complexity index is 184. The lowest BCUT2D eigenvalue weighted by Crippen LogP contribution is -2.38. The standard InChI is InChI=1S/C3H9NO3.CH4O3S/c1-4-2-3(5,6)7;1-5(2,3)4/h4-7H,2H2,1H3;1H3,(H,2,3,4). The van der Waals surface area contributed by atoms with Crippen LogP contribution in [0.2, 0.25) is 0 Å². The van der Waals surface area contributed by atoms with Crippen LogP contribution in [-0.4, -0.2) is 54.1 Å². The third kappa shape index (κ3) is 53.1. The second-order valence-corrected chi connectivity index (χ2v) is 3.50. The van der Waals surface area contributed by atoms with Gasteiger partial charge in [0.05, 0.1) is 12.8 Å². The lowest BCUT2D eigenvalue weighted by molar-refractivity contribution is -0.305. The molecular formula is C4H13NO6S. The van der Waals surface area contributed by atoms with Gasteiger partial charge in [0, 0.05) is 0 Å². The first-order chi connectivity index (χ1) is 5.06. The van der Waals surface area contributed by atoms with Crippen molar-refractivity contribution in [2.45, 2.75) is 5.97 Å². The Balaban J connectivity index is 0. The molecule has 0 unspecified atom stereocenters. The summed E-state index contributed by atoms with van der Waals surface area (Å²) >= 11 is 0. The molecule has 0 bridgehead atoms. The van der Waals surface area contributed by atoms with Crippen LogP contribution < -0.4 is 5.32 Å². The van der Waals surface area contributed by atoms with E-state index in [1.807, 2.05) is 0 Å². The van der Waals surface area contributed by atoms with E-state index in [2.05, 4.69) is 5.32 Å². The van der Waals surface area contributed by atoms with Gasteiger partial charge < -0.3 is 20.6 Å². The van der Waals surface area contributed by atoms with Crippen LogP contribution in [0.3, 0.4) is 0 Å². The van der Waals surface area contributed by atoms with Crippen molar-refractivity contribution in [2.75, 3.05) is 19.8 Å². The molecule has 0 heterocycles. The molecule has 0 aliphatic rings. The minimum atomic E-state index is -3.67. The highest BCUT2D eigenvalue weighted by molar-refractivity contribution is 7.85. The summed E-state index contributed by atoms with van der Waals surface area (Å²) in [6, 6.07) is 0. The summed E-state index contributed by atoms with van der Waals surface area (Å²) in [5, 5.41) is 26.6. The minimum absolute atomic E-state index is 0.243. The first-order valence-electron chi connectivity index (χ1n) is 2.80. The van der Waals surface area contributed by atoms with Crippen molar-refractivity contribution in [2.24, 2.45) is 0 Å². The van der Waals surface area contributed by atoms with Crippen LogP contribution in [0.25, 0.3) is 0 Å². The minimum Gasteiger partial charge on any atom is -0.343 e. The second kappa shape index (κ2) is 5.41. The van der Waals surface area contributed by atoms with Gasteiger partial charge in [0.1, 0.15) is 0 Å². The van der Waals surface area contributed by atoms with E-state index in [0.29, 0.717) is 6.26 Å². The SMILES string of the molecule is CNCC(O)(O)O.CS(=O)(=O)O. The summed E-state index contributed by atoms with van der Waals surface area (Å²) in [6.45, 7) is -0.243. The van der Waals surface area contributed by atoms with Gasteiger partial charge in [-0.2, -0.15) is 8.42 Å². The number of hydrogen-bond donors (Lipinski definition) is 5. The molecule has 5 N–H and O–H groups in total. The summed E-state index contributed by atoms with van der Waals surface area (Å²) in [5.74, 6) is -2.56. The maximum Gasteiger partial charge on any atom is 0.288 e. The average Bonchev–Trinajstić information content (AvgIpc) is 1.54. The molecular weight excluding hydrogens is 190 g/mol. The molecule has 12 heavy (non-hydrogen) atoms. The van der Waals surface area contributed by atoms with Gasteiger partial charge in [0.15, 0.2) is 0 Å². The van der Waals surface area contributed by atoms with E-state index in [0.717, 1.165) is 0 Å². The third-order valence-electron chi connectivity index (χ3n) is 0.414. The Morgan fingerprint density at radius 1 is 1.33 bits per heavy atom. The fourth-order valence-corrected chi connectivity index (χ4v) is 0.237. The maximum atomic E-state index is 9.19. The number of aliphatic hydroxyl groups is 3. The zero-order valence-corrected chi connectivity index (χ0v) is 7.54. The summed E-state index contributed by atoms with van der Waals surface area (Å²) in [7, 11) is -2.17. The van der Waals surface area contributed by atoms with Gasteiger partial charge in [-0.15, -0.1) is 0 Å². The van der Waals surface area contributed by atoms with E-state index < -0.39 is 16.1 Å². The Hall–Kier alpha value is -0.250. The zero-order chi connectivity index (χ0) is 10.4. The molecule has 0 radical (unpaired) electrons. The Kier molecular flexibility index (Phi) is 6.43. The van der Waals surface area contributed by atoms with Crippen molar-refractivity contribution in [3.05, 3.63) is 0 Å². The van der Waals surface area contributed by atoms with Crippen molar-refractivity contribution < 1.29 is 28.3 Å². The molecule has 0 aromatic heterocycles. The quantitative estimate of drug-likeness (QED) is 0.245. The van der Waals surface area contributed by atoms with E-state index in [1.54, 1.807) is 0 Å². The molecule has 0 aliphatic carbocycles. The largest absolute Gasteiger partial charge is 0.343 e. The molecule has 0 saturated heterocycles. The monoisotopic (exact) mass is 203 g/mol. The van der Waals surface area contributed by atoms with E-state index in [4.69, 9.17) is 19.9 Å². The van der Waals surface area contributed by atoms with Gasteiger partial charge in [-0.1, -0.05) is 0 Å². The fraction of sp³-hybridized carbons (Fsp3) is 1.00. The van der Waals surface area contributed by atoms with E-state index in [-0.39, 0.29) is 6.54 Å². The molecule has 0 amide bonds. The zero-order valence-electron chi connectivity index (χ0n) is 6.72. The highest BCUT2D eigenvalue weighted by atomic mass is 32.2. The molecule has 0 saturated carbocycles.